The average molecular weight is 284 g/mol. The predicted octanol–water partition coefficient (Wildman–Crippen LogP) is 2.37. The second-order valence-electron chi connectivity index (χ2n) is 4.09. The SMILES string of the molecule is N#Cc1cccc(C(=O)N(O)C(=O)c2ccccc2F)c1. The summed E-state index contributed by atoms with van der Waals surface area (Å²) in [7, 11) is 0. The third-order valence-corrected chi connectivity index (χ3v) is 2.73. The molecule has 0 aliphatic heterocycles. The smallest absolute Gasteiger partial charge is 0.278 e. The molecule has 2 aromatic rings. The lowest BCUT2D eigenvalue weighted by Crippen LogP contribution is -2.34. The molecular weight excluding hydrogens is 275 g/mol. The number of benzene rings is 2. The lowest BCUT2D eigenvalue weighted by molar-refractivity contribution is -0.0373. The first-order valence-corrected chi connectivity index (χ1v) is 5.87. The maximum atomic E-state index is 13.5. The molecule has 5 nitrogen and oxygen atoms in total. The van der Waals surface area contributed by atoms with Gasteiger partial charge in [-0.2, -0.15) is 5.26 Å². The van der Waals surface area contributed by atoms with Gasteiger partial charge >= 0.3 is 0 Å². The normalized spacial score (nSPS) is 9.76. The van der Waals surface area contributed by atoms with Crippen LogP contribution in [0.15, 0.2) is 48.5 Å². The van der Waals surface area contributed by atoms with Crippen molar-refractivity contribution >= 4 is 11.8 Å². The largest absolute Gasteiger partial charge is 0.287 e. The fourth-order valence-electron chi connectivity index (χ4n) is 1.69. The fourth-order valence-corrected chi connectivity index (χ4v) is 1.69. The summed E-state index contributed by atoms with van der Waals surface area (Å²) in [6.07, 6.45) is 0. The highest BCUT2D eigenvalue weighted by atomic mass is 19.1. The van der Waals surface area contributed by atoms with Gasteiger partial charge in [-0.15, -0.1) is 5.06 Å². The average Bonchev–Trinajstić information content (AvgIpc) is 2.53. The molecule has 0 fully saturated rings. The Kier molecular flexibility index (Phi) is 4.07. The van der Waals surface area contributed by atoms with Crippen LogP contribution in [-0.4, -0.2) is 22.1 Å². The first-order valence-electron chi connectivity index (χ1n) is 5.87. The Hall–Kier alpha value is -3.04. The zero-order chi connectivity index (χ0) is 15.4. The molecule has 0 atom stereocenters. The van der Waals surface area contributed by atoms with Crippen molar-refractivity contribution < 1.29 is 19.2 Å². The molecule has 0 bridgehead atoms. The molecule has 1 N–H and O–H groups in total. The van der Waals surface area contributed by atoms with E-state index in [2.05, 4.69) is 0 Å². The van der Waals surface area contributed by atoms with Gasteiger partial charge in [0.2, 0.25) is 0 Å². The van der Waals surface area contributed by atoms with Crippen molar-refractivity contribution in [1.29, 1.82) is 5.26 Å². The summed E-state index contributed by atoms with van der Waals surface area (Å²) >= 11 is 0. The van der Waals surface area contributed by atoms with Crippen molar-refractivity contribution in [3.63, 3.8) is 0 Å². The van der Waals surface area contributed by atoms with E-state index in [4.69, 9.17) is 5.26 Å². The van der Waals surface area contributed by atoms with Crippen LogP contribution in [0.2, 0.25) is 0 Å². The summed E-state index contributed by atoms with van der Waals surface area (Å²) in [6.45, 7) is 0. The van der Waals surface area contributed by atoms with Gasteiger partial charge in [-0.25, -0.2) is 4.39 Å². The van der Waals surface area contributed by atoms with Crippen LogP contribution in [0.5, 0.6) is 0 Å². The maximum Gasteiger partial charge on any atom is 0.287 e. The number of carbonyl (C=O) groups excluding carboxylic acids is 2. The molecule has 0 unspecified atom stereocenters. The summed E-state index contributed by atoms with van der Waals surface area (Å²) < 4.78 is 13.5. The third-order valence-electron chi connectivity index (χ3n) is 2.73. The van der Waals surface area contributed by atoms with E-state index in [1.54, 1.807) is 0 Å². The highest BCUT2D eigenvalue weighted by Gasteiger charge is 2.24. The van der Waals surface area contributed by atoms with Gasteiger partial charge in [-0.05, 0) is 30.3 Å². The maximum absolute atomic E-state index is 13.5. The minimum Gasteiger partial charge on any atom is -0.278 e. The van der Waals surface area contributed by atoms with Crippen molar-refractivity contribution in [2.24, 2.45) is 0 Å². The van der Waals surface area contributed by atoms with Gasteiger partial charge in [0, 0.05) is 5.56 Å². The number of hydrogen-bond donors (Lipinski definition) is 1. The Morgan fingerprint density at radius 2 is 1.81 bits per heavy atom. The first kappa shape index (κ1) is 14.4. The lowest BCUT2D eigenvalue weighted by atomic mass is 10.1. The van der Waals surface area contributed by atoms with E-state index in [1.807, 2.05) is 6.07 Å². The zero-order valence-corrected chi connectivity index (χ0v) is 10.7. The molecule has 0 spiro atoms. The van der Waals surface area contributed by atoms with E-state index in [1.165, 1.54) is 36.4 Å². The number of imide groups is 1. The van der Waals surface area contributed by atoms with E-state index in [0.717, 1.165) is 12.1 Å². The van der Waals surface area contributed by atoms with Crippen molar-refractivity contribution in [2.45, 2.75) is 0 Å². The molecule has 6 heteroatoms. The second kappa shape index (κ2) is 5.94. The molecular formula is C15H9FN2O3. The summed E-state index contributed by atoms with van der Waals surface area (Å²) in [5, 5.41) is 18.2. The molecule has 0 aromatic heterocycles. The number of nitriles is 1. The highest BCUT2D eigenvalue weighted by molar-refractivity contribution is 6.09. The van der Waals surface area contributed by atoms with E-state index in [-0.39, 0.29) is 16.2 Å². The van der Waals surface area contributed by atoms with Crippen molar-refractivity contribution in [1.82, 2.24) is 5.06 Å². The van der Waals surface area contributed by atoms with Crippen LogP contribution in [0.4, 0.5) is 4.39 Å². The third kappa shape index (κ3) is 2.94. The van der Waals surface area contributed by atoms with Crippen molar-refractivity contribution in [3.05, 3.63) is 71.0 Å². The highest BCUT2D eigenvalue weighted by Crippen LogP contribution is 2.12. The standard InChI is InChI=1S/C15H9FN2O3/c16-13-7-2-1-6-12(13)15(20)18(21)14(19)11-5-3-4-10(8-11)9-17/h1-8,21H. The molecule has 0 saturated heterocycles. The van der Waals surface area contributed by atoms with E-state index in [0.29, 0.717) is 0 Å². The van der Waals surface area contributed by atoms with E-state index in [9.17, 15) is 19.2 Å². The van der Waals surface area contributed by atoms with E-state index >= 15 is 0 Å². The monoisotopic (exact) mass is 284 g/mol. The molecule has 21 heavy (non-hydrogen) atoms. The van der Waals surface area contributed by atoms with Crippen LogP contribution < -0.4 is 0 Å². The molecule has 0 aliphatic rings. The van der Waals surface area contributed by atoms with Crippen LogP contribution in [0, 0.1) is 17.1 Å². The van der Waals surface area contributed by atoms with Gasteiger partial charge in [-0.1, -0.05) is 18.2 Å². The van der Waals surface area contributed by atoms with Gasteiger partial charge in [0.25, 0.3) is 11.8 Å². The Morgan fingerprint density at radius 1 is 1.10 bits per heavy atom. The van der Waals surface area contributed by atoms with Crippen LogP contribution in [0.25, 0.3) is 0 Å². The van der Waals surface area contributed by atoms with Gasteiger partial charge in [-0.3, -0.25) is 14.8 Å². The fraction of sp³-hybridized carbons (Fsp3) is 0. The molecule has 104 valence electrons. The number of amides is 2. The van der Waals surface area contributed by atoms with Crippen molar-refractivity contribution in [3.8, 4) is 6.07 Å². The number of carbonyl (C=O) groups is 2. The van der Waals surface area contributed by atoms with Gasteiger partial charge in [0.15, 0.2) is 0 Å². The zero-order valence-electron chi connectivity index (χ0n) is 10.7. The van der Waals surface area contributed by atoms with Crippen LogP contribution in [0.3, 0.4) is 0 Å². The van der Waals surface area contributed by atoms with Crippen LogP contribution in [0.1, 0.15) is 26.3 Å². The number of rotatable bonds is 2. The quantitative estimate of drug-likeness (QED) is 0.521. The summed E-state index contributed by atoms with van der Waals surface area (Å²) in [5.41, 5.74) is -0.279. The Morgan fingerprint density at radius 3 is 2.48 bits per heavy atom. The minimum atomic E-state index is -1.18. The van der Waals surface area contributed by atoms with Gasteiger partial charge < -0.3 is 0 Å². The van der Waals surface area contributed by atoms with Crippen LogP contribution >= 0.6 is 0 Å². The lowest BCUT2D eigenvalue weighted by Gasteiger charge is -2.13. The van der Waals surface area contributed by atoms with Crippen molar-refractivity contribution in [2.75, 3.05) is 0 Å². The molecule has 2 rings (SSSR count). The minimum absolute atomic E-state index is 0.0544. The summed E-state index contributed by atoms with van der Waals surface area (Å²) in [6, 6.07) is 12.3. The molecule has 0 saturated carbocycles. The second-order valence-corrected chi connectivity index (χ2v) is 4.09. The Balaban J connectivity index is 2.29. The molecule has 2 aromatic carbocycles. The molecule has 2 amide bonds. The van der Waals surface area contributed by atoms with Crippen LogP contribution in [-0.2, 0) is 0 Å². The topological polar surface area (TPSA) is 81.4 Å². The number of hydroxylamine groups is 2. The molecule has 0 aliphatic carbocycles. The number of hydrogen-bond acceptors (Lipinski definition) is 4. The number of nitrogens with zero attached hydrogens (tertiary/aromatic N) is 2. The van der Waals surface area contributed by atoms with E-state index < -0.39 is 23.2 Å². The first-order chi connectivity index (χ1) is 10.0. The Bertz CT molecular complexity index is 753. The van der Waals surface area contributed by atoms with Gasteiger partial charge in [0.1, 0.15) is 5.82 Å². The molecule has 0 radical (unpaired) electrons. The summed E-state index contributed by atoms with van der Waals surface area (Å²) in [4.78, 5) is 23.8. The molecule has 0 heterocycles. The predicted molar refractivity (Wildman–Crippen MR) is 69.8 cm³/mol. The summed E-state index contributed by atoms with van der Waals surface area (Å²) in [5.74, 6) is -3.07. The number of halogens is 1. The van der Waals surface area contributed by atoms with Gasteiger partial charge in [0.05, 0.1) is 17.2 Å². The Labute approximate surface area is 119 Å².